The van der Waals surface area contributed by atoms with Crippen LogP contribution in [0.2, 0.25) is 0 Å². The summed E-state index contributed by atoms with van der Waals surface area (Å²) >= 11 is 0. The number of sulfone groups is 1. The Kier molecular flexibility index (Phi) is 7.52. The van der Waals surface area contributed by atoms with Crippen molar-refractivity contribution < 1.29 is 26.4 Å². The van der Waals surface area contributed by atoms with E-state index >= 15 is 0 Å². The molecular formula is C31H31F3N2O3S. The molecule has 1 aliphatic carbocycles. The van der Waals surface area contributed by atoms with E-state index in [1.807, 2.05) is 30.5 Å². The molecule has 1 fully saturated rings. The van der Waals surface area contributed by atoms with Gasteiger partial charge in [0.05, 0.1) is 16.2 Å². The van der Waals surface area contributed by atoms with E-state index in [1.54, 1.807) is 42.5 Å². The van der Waals surface area contributed by atoms with Gasteiger partial charge in [0.25, 0.3) is 5.91 Å². The maximum atomic E-state index is 13.6. The standard InChI is InChI=1S/C31H31F3N2O3S/c1-20(2)36-26(16-23-5-3-4-6-28(23)31(32,33)34)17-25-15-24(11-14-29(25)36)30(37)35-18-21-9-12-27(13-10-21)40(38,39)19-22-7-8-22/h3-6,9-15,17,20,22H,7-8,16,18-19H2,1-2H3,(H,35,37). The molecule has 5 rings (SSSR count). The molecule has 5 nitrogen and oxygen atoms in total. The Balaban J connectivity index is 1.33. The maximum Gasteiger partial charge on any atom is 0.416 e. The van der Waals surface area contributed by atoms with Crippen LogP contribution in [0.25, 0.3) is 10.9 Å². The minimum Gasteiger partial charge on any atom is -0.348 e. The van der Waals surface area contributed by atoms with Gasteiger partial charge in [-0.2, -0.15) is 13.2 Å². The molecule has 0 radical (unpaired) electrons. The minimum absolute atomic E-state index is 0.00119. The van der Waals surface area contributed by atoms with Crippen LogP contribution in [-0.2, 0) is 29.0 Å². The van der Waals surface area contributed by atoms with Gasteiger partial charge in [0.2, 0.25) is 0 Å². The molecule has 3 aromatic carbocycles. The molecule has 1 aromatic heterocycles. The Morgan fingerprint density at radius 2 is 1.70 bits per heavy atom. The molecule has 9 heteroatoms. The van der Waals surface area contributed by atoms with E-state index in [0.29, 0.717) is 10.5 Å². The van der Waals surface area contributed by atoms with Crippen molar-refractivity contribution in [1.82, 2.24) is 9.88 Å². The number of halogens is 3. The highest BCUT2D eigenvalue weighted by atomic mass is 32.2. The first-order chi connectivity index (χ1) is 18.9. The molecule has 0 unspecified atom stereocenters. The number of alkyl halides is 3. The number of rotatable bonds is 9. The molecule has 40 heavy (non-hydrogen) atoms. The summed E-state index contributed by atoms with van der Waals surface area (Å²) in [6, 6.07) is 19.3. The lowest BCUT2D eigenvalue weighted by molar-refractivity contribution is -0.138. The van der Waals surface area contributed by atoms with Crippen molar-refractivity contribution in [3.05, 3.63) is 101 Å². The predicted molar refractivity (Wildman–Crippen MR) is 149 cm³/mol. The van der Waals surface area contributed by atoms with E-state index in [0.717, 1.165) is 41.1 Å². The first kappa shape index (κ1) is 28.0. The summed E-state index contributed by atoms with van der Waals surface area (Å²) < 4.78 is 67.7. The smallest absolute Gasteiger partial charge is 0.348 e. The van der Waals surface area contributed by atoms with Crippen LogP contribution in [0.5, 0.6) is 0 Å². The lowest BCUT2D eigenvalue weighted by Gasteiger charge is -2.17. The molecule has 4 aromatic rings. The normalized spacial score (nSPS) is 14.2. The minimum atomic E-state index is -4.44. The topological polar surface area (TPSA) is 68.2 Å². The Labute approximate surface area is 231 Å². The second kappa shape index (κ2) is 10.8. The molecule has 0 saturated heterocycles. The maximum absolute atomic E-state index is 13.6. The van der Waals surface area contributed by atoms with Crippen LogP contribution < -0.4 is 5.32 Å². The van der Waals surface area contributed by atoms with E-state index in [-0.39, 0.29) is 42.1 Å². The quantitative estimate of drug-likeness (QED) is 0.238. The fraction of sp³-hybridized carbons (Fsp3) is 0.323. The molecule has 0 bridgehead atoms. The number of nitrogens with zero attached hydrogens (tertiary/aromatic N) is 1. The number of amides is 1. The van der Waals surface area contributed by atoms with Crippen molar-refractivity contribution in [2.75, 3.05) is 5.75 Å². The van der Waals surface area contributed by atoms with Crippen molar-refractivity contribution in [3.63, 3.8) is 0 Å². The fourth-order valence-corrected chi connectivity index (χ4v) is 6.81. The van der Waals surface area contributed by atoms with Gasteiger partial charge in [0.1, 0.15) is 0 Å². The third-order valence-corrected chi connectivity index (χ3v) is 9.18. The number of nitrogens with one attached hydrogen (secondary N) is 1. The monoisotopic (exact) mass is 568 g/mol. The SMILES string of the molecule is CC(C)n1c(Cc2ccccc2C(F)(F)F)cc2cc(C(=O)NCc3ccc(S(=O)(=O)CC4CC4)cc3)ccc21. The van der Waals surface area contributed by atoms with Gasteiger partial charge in [0, 0.05) is 41.2 Å². The molecule has 1 aliphatic rings. The zero-order valence-corrected chi connectivity index (χ0v) is 23.1. The van der Waals surface area contributed by atoms with Gasteiger partial charge in [-0.15, -0.1) is 0 Å². The number of fused-ring (bicyclic) bond motifs is 1. The highest BCUT2D eigenvalue weighted by molar-refractivity contribution is 7.91. The van der Waals surface area contributed by atoms with E-state index in [2.05, 4.69) is 5.32 Å². The van der Waals surface area contributed by atoms with Crippen LogP contribution in [0.4, 0.5) is 13.2 Å². The molecule has 1 N–H and O–H groups in total. The molecule has 0 aliphatic heterocycles. The van der Waals surface area contributed by atoms with Crippen LogP contribution in [0.15, 0.2) is 77.7 Å². The second-order valence-electron chi connectivity index (χ2n) is 10.8. The van der Waals surface area contributed by atoms with Crippen molar-refractivity contribution in [2.45, 2.75) is 56.8 Å². The second-order valence-corrected chi connectivity index (χ2v) is 12.8. The van der Waals surface area contributed by atoms with Crippen molar-refractivity contribution in [2.24, 2.45) is 5.92 Å². The highest BCUT2D eigenvalue weighted by Crippen LogP contribution is 2.35. The van der Waals surface area contributed by atoms with Crippen LogP contribution in [0, 0.1) is 5.92 Å². The van der Waals surface area contributed by atoms with Crippen molar-refractivity contribution in [1.29, 1.82) is 0 Å². The van der Waals surface area contributed by atoms with E-state index < -0.39 is 21.6 Å². The number of benzene rings is 3. The van der Waals surface area contributed by atoms with Gasteiger partial charge >= 0.3 is 6.18 Å². The number of aromatic nitrogens is 1. The summed E-state index contributed by atoms with van der Waals surface area (Å²) in [7, 11) is -3.29. The third-order valence-electron chi connectivity index (χ3n) is 7.28. The van der Waals surface area contributed by atoms with Gasteiger partial charge in [-0.25, -0.2) is 8.42 Å². The largest absolute Gasteiger partial charge is 0.416 e. The fourth-order valence-electron chi connectivity index (χ4n) is 5.12. The average molecular weight is 569 g/mol. The van der Waals surface area contributed by atoms with Crippen LogP contribution >= 0.6 is 0 Å². The summed E-state index contributed by atoms with van der Waals surface area (Å²) in [5.74, 6) is 0.153. The Bertz CT molecular complexity index is 1650. The van der Waals surface area contributed by atoms with Crippen LogP contribution in [-0.4, -0.2) is 24.6 Å². The first-order valence-electron chi connectivity index (χ1n) is 13.3. The molecule has 0 spiro atoms. The Hall–Kier alpha value is -3.59. The highest BCUT2D eigenvalue weighted by Gasteiger charge is 2.33. The van der Waals surface area contributed by atoms with Gasteiger partial charge in [-0.05, 0) is 86.2 Å². The average Bonchev–Trinajstić information content (AvgIpc) is 3.63. The van der Waals surface area contributed by atoms with Crippen molar-refractivity contribution >= 4 is 26.6 Å². The summed E-state index contributed by atoms with van der Waals surface area (Å²) in [6.45, 7) is 4.18. The Morgan fingerprint density at radius 1 is 1.00 bits per heavy atom. The zero-order chi connectivity index (χ0) is 28.7. The molecule has 1 heterocycles. The molecular weight excluding hydrogens is 537 g/mol. The van der Waals surface area contributed by atoms with Gasteiger partial charge in [-0.1, -0.05) is 30.3 Å². The van der Waals surface area contributed by atoms with Crippen molar-refractivity contribution in [3.8, 4) is 0 Å². The summed E-state index contributed by atoms with van der Waals surface area (Å²) in [4.78, 5) is 13.2. The lowest BCUT2D eigenvalue weighted by Crippen LogP contribution is -2.22. The number of hydrogen-bond donors (Lipinski definition) is 1. The summed E-state index contributed by atoms with van der Waals surface area (Å²) in [6.07, 6.45) is -2.41. The van der Waals surface area contributed by atoms with Gasteiger partial charge < -0.3 is 9.88 Å². The summed E-state index contributed by atoms with van der Waals surface area (Å²) in [5, 5.41) is 3.64. The van der Waals surface area contributed by atoms with E-state index in [1.165, 1.54) is 12.1 Å². The van der Waals surface area contributed by atoms with Gasteiger partial charge in [-0.3, -0.25) is 4.79 Å². The van der Waals surface area contributed by atoms with Crippen LogP contribution in [0.3, 0.4) is 0 Å². The number of carbonyl (C=O) groups is 1. The predicted octanol–water partition coefficient (Wildman–Crippen LogP) is 6.95. The van der Waals surface area contributed by atoms with Gasteiger partial charge in [0.15, 0.2) is 9.84 Å². The van der Waals surface area contributed by atoms with E-state index in [4.69, 9.17) is 0 Å². The molecule has 0 atom stereocenters. The zero-order valence-electron chi connectivity index (χ0n) is 22.3. The number of hydrogen-bond acceptors (Lipinski definition) is 3. The van der Waals surface area contributed by atoms with Crippen LogP contribution in [0.1, 0.15) is 65.5 Å². The molecule has 210 valence electrons. The van der Waals surface area contributed by atoms with E-state index in [9.17, 15) is 26.4 Å². The Morgan fingerprint density at radius 3 is 2.35 bits per heavy atom. The third kappa shape index (κ3) is 6.09. The lowest BCUT2D eigenvalue weighted by atomic mass is 10.0. The molecule has 1 saturated carbocycles. The first-order valence-corrected chi connectivity index (χ1v) is 15.0. The number of carbonyl (C=O) groups excluding carboxylic acids is 1. The molecule has 1 amide bonds. The summed E-state index contributed by atoms with van der Waals surface area (Å²) in [5.41, 5.74) is 2.33.